The van der Waals surface area contributed by atoms with Gasteiger partial charge >= 0.3 is 11.9 Å². The van der Waals surface area contributed by atoms with Crippen LogP contribution < -0.4 is 4.90 Å². The lowest BCUT2D eigenvalue weighted by Crippen LogP contribution is -2.37. The van der Waals surface area contributed by atoms with Crippen LogP contribution >= 0.6 is 11.8 Å². The lowest BCUT2D eigenvalue weighted by Gasteiger charge is -2.36. The Balaban J connectivity index is 0.000000349. The molecule has 0 amide bonds. The number of hydrogen-bond acceptors (Lipinski definition) is 9. The Labute approximate surface area is 293 Å². The predicted octanol–water partition coefficient (Wildman–Crippen LogP) is 8.39. The first-order chi connectivity index (χ1) is 22.9. The number of carbonyl (C=O) groups is 2. The quantitative estimate of drug-likeness (QED) is 0.113. The summed E-state index contributed by atoms with van der Waals surface area (Å²) in [5, 5.41) is -1.95. The van der Waals surface area contributed by atoms with Gasteiger partial charge in [0.15, 0.2) is 5.25 Å². The molecule has 1 N–H and O–H groups in total. The second kappa shape index (κ2) is 21.5. The van der Waals surface area contributed by atoms with Gasteiger partial charge in [-0.15, -0.1) is 0 Å². The van der Waals surface area contributed by atoms with Crippen LogP contribution in [0.1, 0.15) is 92.4 Å². The summed E-state index contributed by atoms with van der Waals surface area (Å²) in [6.07, 6.45) is 6.74. The van der Waals surface area contributed by atoms with E-state index in [0.717, 1.165) is 57.9 Å². The highest BCUT2D eigenvalue weighted by Gasteiger charge is 2.36. The molecule has 0 aliphatic carbocycles. The normalized spacial score (nSPS) is 14.9. The summed E-state index contributed by atoms with van der Waals surface area (Å²) in [6.45, 7) is 11.6. The van der Waals surface area contributed by atoms with Gasteiger partial charge in [-0.2, -0.15) is 8.42 Å². The number of rotatable bonds is 19. The molecular formula is C37H58N2O7S2. The highest BCUT2D eigenvalue weighted by atomic mass is 32.2. The van der Waals surface area contributed by atoms with Crippen molar-refractivity contribution in [3.8, 4) is 0 Å². The third-order valence-electron chi connectivity index (χ3n) is 8.86. The van der Waals surface area contributed by atoms with Gasteiger partial charge < -0.3 is 19.3 Å². The average Bonchev–Trinajstić information content (AvgIpc) is 3.06. The standard InChI is InChI=1S/C20H38O7S.C17H20N2S/c1-5-9-11-16(7-3)14-26-19(21)13-18(28(23,24)25)20(22)27-15-17(8-4)12-10-6-2;1-13(18(2)3)12-19-14-8-4-6-10-16(14)20-17-11-7-5-9-15(17)19/h16-18H,5-15H2,1-4H3,(H,23,24,25);4-11,13H,12H2,1-3H3. The van der Waals surface area contributed by atoms with Gasteiger partial charge in [-0.25, -0.2) is 0 Å². The molecule has 270 valence electrons. The lowest BCUT2D eigenvalue weighted by molar-refractivity contribution is -0.151. The first kappa shape index (κ1) is 41.6. The van der Waals surface area contributed by atoms with E-state index in [1.165, 1.54) is 21.2 Å². The molecule has 0 spiro atoms. The van der Waals surface area contributed by atoms with Crippen molar-refractivity contribution in [2.75, 3.05) is 38.8 Å². The fourth-order valence-corrected chi connectivity index (χ4v) is 6.98. The van der Waals surface area contributed by atoms with Gasteiger partial charge in [0.2, 0.25) is 0 Å². The van der Waals surface area contributed by atoms with Crippen molar-refractivity contribution >= 4 is 45.2 Å². The smallest absolute Gasteiger partial charge is 0.327 e. The summed E-state index contributed by atoms with van der Waals surface area (Å²) >= 11 is 1.87. The summed E-state index contributed by atoms with van der Waals surface area (Å²) in [5.41, 5.74) is 2.65. The van der Waals surface area contributed by atoms with Crippen LogP contribution in [0, 0.1) is 11.8 Å². The molecule has 1 aliphatic rings. The molecule has 4 unspecified atom stereocenters. The van der Waals surface area contributed by atoms with Crippen molar-refractivity contribution in [1.29, 1.82) is 0 Å². The molecule has 0 radical (unpaired) electrons. The Morgan fingerprint density at radius 2 is 1.31 bits per heavy atom. The molecule has 9 nitrogen and oxygen atoms in total. The van der Waals surface area contributed by atoms with Crippen LogP contribution in [0.2, 0.25) is 0 Å². The minimum Gasteiger partial charge on any atom is -0.465 e. The topological polar surface area (TPSA) is 113 Å². The van der Waals surface area contributed by atoms with Crippen molar-refractivity contribution in [3.63, 3.8) is 0 Å². The molecule has 0 fully saturated rings. The maximum atomic E-state index is 12.2. The molecule has 11 heteroatoms. The highest BCUT2D eigenvalue weighted by Crippen LogP contribution is 2.47. The molecule has 1 aliphatic heterocycles. The van der Waals surface area contributed by atoms with Gasteiger partial charge in [0.1, 0.15) is 0 Å². The molecule has 0 bridgehead atoms. The number of esters is 2. The summed E-state index contributed by atoms with van der Waals surface area (Å²) in [6, 6.07) is 17.9. The van der Waals surface area contributed by atoms with Crippen LogP contribution in [0.5, 0.6) is 0 Å². The van der Waals surface area contributed by atoms with E-state index in [4.69, 9.17) is 9.47 Å². The highest BCUT2D eigenvalue weighted by molar-refractivity contribution is 7.99. The van der Waals surface area contributed by atoms with E-state index in [1.807, 2.05) is 25.6 Å². The Morgan fingerprint density at radius 3 is 1.75 bits per heavy atom. The van der Waals surface area contributed by atoms with Gasteiger partial charge in [0.25, 0.3) is 10.1 Å². The minimum atomic E-state index is -4.76. The van der Waals surface area contributed by atoms with E-state index in [-0.39, 0.29) is 25.0 Å². The molecule has 0 saturated heterocycles. The Kier molecular flexibility index (Phi) is 18.6. The maximum Gasteiger partial charge on any atom is 0.327 e. The molecule has 4 atom stereocenters. The first-order valence-corrected chi connectivity index (χ1v) is 19.8. The number of nitrogens with zero attached hydrogens (tertiary/aromatic N) is 2. The number of anilines is 2. The number of para-hydroxylation sites is 2. The van der Waals surface area contributed by atoms with E-state index < -0.39 is 33.7 Å². The summed E-state index contributed by atoms with van der Waals surface area (Å²) in [7, 11) is -0.484. The fourth-order valence-electron chi connectivity index (χ4n) is 5.23. The molecular weight excluding hydrogens is 649 g/mol. The van der Waals surface area contributed by atoms with Crippen LogP contribution in [0.4, 0.5) is 11.4 Å². The monoisotopic (exact) mass is 706 g/mol. The second-order valence-corrected chi connectivity index (χ2v) is 15.5. The van der Waals surface area contributed by atoms with Crippen LogP contribution in [0.15, 0.2) is 58.3 Å². The number of carbonyl (C=O) groups excluding carboxylic acids is 2. The maximum absolute atomic E-state index is 12.2. The third-order valence-corrected chi connectivity index (χ3v) is 11.1. The minimum absolute atomic E-state index is 0.0747. The largest absolute Gasteiger partial charge is 0.465 e. The molecule has 48 heavy (non-hydrogen) atoms. The Hall–Kier alpha value is -2.60. The number of benzene rings is 2. The molecule has 0 saturated carbocycles. The van der Waals surface area contributed by atoms with Gasteiger partial charge in [-0.1, -0.05) is 102 Å². The predicted molar refractivity (Wildman–Crippen MR) is 196 cm³/mol. The number of fused-ring (bicyclic) bond motifs is 2. The second-order valence-electron chi connectivity index (χ2n) is 12.8. The Bertz CT molecular complexity index is 1320. The zero-order valence-corrected chi connectivity index (χ0v) is 31.7. The number of unbranched alkanes of at least 4 members (excludes halogenated alkanes) is 2. The Morgan fingerprint density at radius 1 is 0.833 bits per heavy atom. The van der Waals surface area contributed by atoms with E-state index in [0.29, 0.717) is 6.04 Å². The first-order valence-electron chi connectivity index (χ1n) is 17.4. The van der Waals surface area contributed by atoms with Gasteiger partial charge in [0.05, 0.1) is 31.0 Å². The number of likely N-dealkylation sites (N-methyl/N-ethyl adjacent to an activating group) is 1. The lowest BCUT2D eigenvalue weighted by atomic mass is 10.0. The van der Waals surface area contributed by atoms with Crippen molar-refractivity contribution in [2.45, 2.75) is 113 Å². The van der Waals surface area contributed by atoms with Crippen molar-refractivity contribution in [3.05, 3.63) is 48.5 Å². The van der Waals surface area contributed by atoms with Crippen LogP contribution in [0.3, 0.4) is 0 Å². The fraction of sp³-hybridized carbons (Fsp3) is 0.622. The molecule has 0 aromatic heterocycles. The zero-order valence-electron chi connectivity index (χ0n) is 30.0. The third kappa shape index (κ3) is 13.7. The molecule has 3 rings (SSSR count). The summed E-state index contributed by atoms with van der Waals surface area (Å²) in [4.78, 5) is 31.6. The average molecular weight is 707 g/mol. The number of ether oxygens (including phenoxy) is 2. The SMILES string of the molecule is CC(CN1c2ccccc2Sc2ccccc21)N(C)C.CCCCC(CC)COC(=O)CC(C(=O)OCC(CC)CCCC)S(=O)(=O)O. The van der Waals surface area contributed by atoms with E-state index in [9.17, 15) is 22.6 Å². The van der Waals surface area contributed by atoms with Crippen molar-refractivity contribution < 1.29 is 32.0 Å². The van der Waals surface area contributed by atoms with Crippen LogP contribution in [-0.2, 0) is 29.2 Å². The molecule has 2 aromatic rings. The number of hydrogen-bond donors (Lipinski definition) is 1. The van der Waals surface area contributed by atoms with E-state index >= 15 is 0 Å². The summed E-state index contributed by atoms with van der Waals surface area (Å²) < 4.78 is 42.8. The van der Waals surface area contributed by atoms with Crippen molar-refractivity contribution in [2.24, 2.45) is 11.8 Å². The van der Waals surface area contributed by atoms with Crippen molar-refractivity contribution in [1.82, 2.24) is 4.90 Å². The van der Waals surface area contributed by atoms with Gasteiger partial charge in [-0.3, -0.25) is 14.1 Å². The van der Waals surface area contributed by atoms with Gasteiger partial charge in [-0.05, 0) is 70.0 Å². The molecule has 2 aromatic carbocycles. The summed E-state index contributed by atoms with van der Waals surface area (Å²) in [5.74, 6) is -1.61. The zero-order chi connectivity index (χ0) is 35.7. The van der Waals surface area contributed by atoms with E-state index in [1.54, 1.807) is 0 Å². The van der Waals surface area contributed by atoms with Crippen LogP contribution in [0.25, 0.3) is 0 Å². The van der Waals surface area contributed by atoms with E-state index in [2.05, 4.69) is 93.2 Å². The van der Waals surface area contributed by atoms with Crippen LogP contribution in [-0.4, -0.2) is 75.0 Å². The van der Waals surface area contributed by atoms with Gasteiger partial charge in [0, 0.05) is 22.4 Å². The molecule has 1 heterocycles.